The molecule has 0 amide bonds. The van der Waals surface area contributed by atoms with Gasteiger partial charge in [-0.05, 0) is 81.6 Å². The van der Waals surface area contributed by atoms with E-state index in [1.807, 2.05) is 43.3 Å². The Morgan fingerprint density at radius 1 is 0.758 bits per heavy atom. The van der Waals surface area contributed by atoms with Crippen LogP contribution in [0.3, 0.4) is 0 Å². The maximum atomic E-state index is 12.2. The van der Waals surface area contributed by atoms with Crippen LogP contribution in [0.15, 0.2) is 72.8 Å². The third-order valence-corrected chi connectivity index (χ3v) is 6.48. The van der Waals surface area contributed by atoms with E-state index in [0.717, 1.165) is 16.3 Å². The van der Waals surface area contributed by atoms with Crippen LogP contribution in [0.5, 0.6) is 0 Å². The predicted octanol–water partition coefficient (Wildman–Crippen LogP) is 4.32. The number of nitrogens with one attached hydrogen (secondary N) is 1. The van der Waals surface area contributed by atoms with Gasteiger partial charge < -0.3 is 5.32 Å². The number of fused-ring (bicyclic) bond motifs is 4. The third kappa shape index (κ3) is 4.24. The summed E-state index contributed by atoms with van der Waals surface area (Å²) in [7, 11) is 0. The van der Waals surface area contributed by atoms with Gasteiger partial charge in [-0.15, -0.1) is 0 Å². The fourth-order valence-corrected chi connectivity index (χ4v) is 4.79. The van der Waals surface area contributed by atoms with E-state index in [9.17, 15) is 9.59 Å². The molecule has 164 valence electrons. The molecular weight excluding hydrogens is 406 g/mol. The van der Waals surface area contributed by atoms with Crippen LogP contribution in [0.4, 0.5) is 0 Å². The minimum Gasteiger partial charge on any atom is -0.307 e. The third-order valence-electron chi connectivity index (χ3n) is 6.48. The van der Waals surface area contributed by atoms with E-state index in [1.54, 1.807) is 0 Å². The minimum absolute atomic E-state index is 0.315. The second-order valence-corrected chi connectivity index (χ2v) is 8.68. The number of carbonyl (C=O) groups is 2. The summed E-state index contributed by atoms with van der Waals surface area (Å²) < 4.78 is 0. The lowest BCUT2D eigenvalue weighted by atomic mass is 9.84. The molecule has 0 radical (unpaired) electrons. The number of ketones is 2. The molecule has 0 aromatic heterocycles. The van der Waals surface area contributed by atoms with Crippen LogP contribution in [0.25, 0.3) is 33.7 Å². The molecule has 0 aliphatic heterocycles. The molecule has 3 nitrogen and oxygen atoms in total. The summed E-state index contributed by atoms with van der Waals surface area (Å²) in [6.07, 6.45) is 7.64. The lowest BCUT2D eigenvalue weighted by Gasteiger charge is -2.23. The zero-order valence-electron chi connectivity index (χ0n) is 18.8. The second kappa shape index (κ2) is 9.13. The Balaban J connectivity index is 0.000000144. The Bertz CT molecular complexity index is 1440. The number of benzene rings is 4. The van der Waals surface area contributed by atoms with Gasteiger partial charge in [0.25, 0.3) is 0 Å². The Morgan fingerprint density at radius 2 is 1.27 bits per heavy atom. The van der Waals surface area contributed by atoms with E-state index in [2.05, 4.69) is 53.9 Å². The molecule has 0 fully saturated rings. The maximum absolute atomic E-state index is 12.2. The summed E-state index contributed by atoms with van der Waals surface area (Å²) in [5.41, 5.74) is 1.53. The van der Waals surface area contributed by atoms with Crippen molar-refractivity contribution in [2.45, 2.75) is 32.2 Å². The van der Waals surface area contributed by atoms with Crippen LogP contribution in [0, 0.1) is 0 Å². The molecule has 1 N–H and O–H groups in total. The Morgan fingerprint density at radius 3 is 1.82 bits per heavy atom. The fourth-order valence-electron chi connectivity index (χ4n) is 4.79. The van der Waals surface area contributed by atoms with Gasteiger partial charge in [0.2, 0.25) is 11.6 Å². The molecule has 0 saturated carbocycles. The van der Waals surface area contributed by atoms with Crippen LogP contribution in [0.1, 0.15) is 35.7 Å². The van der Waals surface area contributed by atoms with E-state index in [-0.39, 0.29) is 17.6 Å². The zero-order valence-corrected chi connectivity index (χ0v) is 18.8. The fraction of sp³-hybridized carbons (Fsp3) is 0.200. The molecule has 6 rings (SSSR count). The number of Topliss-reactive ketones (excluding diaryl/α,β-unsaturated/α-hetero) is 2. The van der Waals surface area contributed by atoms with Crippen molar-refractivity contribution in [2.75, 3.05) is 6.54 Å². The summed E-state index contributed by atoms with van der Waals surface area (Å²) in [4.78, 5) is 24.2. The molecule has 1 atom stereocenters. The number of carbonyl (C=O) groups excluding carboxylic acids is 2. The van der Waals surface area contributed by atoms with Gasteiger partial charge in [-0.2, -0.15) is 0 Å². The van der Waals surface area contributed by atoms with Gasteiger partial charge in [-0.3, -0.25) is 9.59 Å². The molecule has 2 aliphatic carbocycles. The number of rotatable bonds is 2. The number of likely N-dealkylation sites (N-methyl/N-ethyl adjacent to an activating group) is 1. The number of hydrogen-bond acceptors (Lipinski definition) is 3. The van der Waals surface area contributed by atoms with Gasteiger partial charge in [0.15, 0.2) is 0 Å². The van der Waals surface area contributed by atoms with Crippen LogP contribution in [0.2, 0.25) is 0 Å². The first-order valence-electron chi connectivity index (χ1n) is 11.7. The zero-order chi connectivity index (χ0) is 22.8. The SMILES string of the molecule is C1=c2cc3ccccc3cc2=CCC1.CCNC1Cc2cc3ccccc3cc2C(=O)C1=O. The summed E-state index contributed by atoms with van der Waals surface area (Å²) >= 11 is 0. The van der Waals surface area contributed by atoms with Crippen molar-refractivity contribution < 1.29 is 9.59 Å². The lowest BCUT2D eigenvalue weighted by Crippen LogP contribution is -2.45. The molecule has 1 unspecified atom stereocenters. The van der Waals surface area contributed by atoms with E-state index >= 15 is 0 Å². The highest BCUT2D eigenvalue weighted by Gasteiger charge is 2.33. The highest BCUT2D eigenvalue weighted by molar-refractivity contribution is 6.46. The summed E-state index contributed by atoms with van der Waals surface area (Å²) in [6.45, 7) is 2.63. The molecule has 4 aromatic carbocycles. The molecule has 2 aliphatic rings. The molecule has 3 heteroatoms. The molecule has 33 heavy (non-hydrogen) atoms. The smallest absolute Gasteiger partial charge is 0.230 e. The van der Waals surface area contributed by atoms with E-state index in [4.69, 9.17) is 0 Å². The van der Waals surface area contributed by atoms with Crippen molar-refractivity contribution in [2.24, 2.45) is 0 Å². The van der Waals surface area contributed by atoms with Crippen molar-refractivity contribution >= 4 is 45.3 Å². The van der Waals surface area contributed by atoms with Crippen LogP contribution in [-0.4, -0.2) is 24.2 Å². The summed E-state index contributed by atoms with van der Waals surface area (Å²) in [5.74, 6) is -0.678. The van der Waals surface area contributed by atoms with E-state index in [0.29, 0.717) is 18.5 Å². The van der Waals surface area contributed by atoms with Crippen molar-refractivity contribution in [1.82, 2.24) is 5.32 Å². The lowest BCUT2D eigenvalue weighted by molar-refractivity contribution is -0.117. The average Bonchev–Trinajstić information content (AvgIpc) is 2.85. The van der Waals surface area contributed by atoms with Crippen molar-refractivity contribution in [3.8, 4) is 0 Å². The molecule has 0 saturated heterocycles. The highest BCUT2D eigenvalue weighted by Crippen LogP contribution is 2.25. The summed E-state index contributed by atoms with van der Waals surface area (Å²) in [5, 5.41) is 10.7. The van der Waals surface area contributed by atoms with Gasteiger partial charge in [0.05, 0.1) is 6.04 Å². The standard InChI is InChI=1S/C16H15NO2.C14H12/c1-2-17-14-9-12-7-10-5-3-4-6-11(10)8-13(12)15(18)16(14)19;1-2-6-12-10-14-8-4-3-7-13(14)9-11(12)5-1/h3-8,14,17H,2,9H2,1H3;1-2,5-10H,3-4H2. The molecule has 0 spiro atoms. The van der Waals surface area contributed by atoms with Crippen molar-refractivity contribution in [1.29, 1.82) is 0 Å². The summed E-state index contributed by atoms with van der Waals surface area (Å²) in [6, 6.07) is 24.5. The first-order valence-corrected chi connectivity index (χ1v) is 11.7. The van der Waals surface area contributed by atoms with Crippen molar-refractivity contribution in [3.05, 3.63) is 94.4 Å². The van der Waals surface area contributed by atoms with Gasteiger partial charge >= 0.3 is 0 Å². The van der Waals surface area contributed by atoms with Gasteiger partial charge in [0.1, 0.15) is 0 Å². The van der Waals surface area contributed by atoms with Gasteiger partial charge in [0, 0.05) is 5.56 Å². The quantitative estimate of drug-likeness (QED) is 0.479. The average molecular weight is 434 g/mol. The minimum atomic E-state index is -0.369. The van der Waals surface area contributed by atoms with Crippen molar-refractivity contribution in [3.63, 3.8) is 0 Å². The topological polar surface area (TPSA) is 46.2 Å². The molecule has 4 aromatic rings. The van der Waals surface area contributed by atoms with E-state index < -0.39 is 0 Å². The first-order chi connectivity index (χ1) is 16.1. The van der Waals surface area contributed by atoms with Crippen LogP contribution < -0.4 is 15.8 Å². The van der Waals surface area contributed by atoms with Gasteiger partial charge in [-0.25, -0.2) is 0 Å². The molecule has 0 bridgehead atoms. The van der Waals surface area contributed by atoms with E-state index in [1.165, 1.54) is 34.1 Å². The monoisotopic (exact) mass is 433 g/mol. The van der Waals surface area contributed by atoms with Crippen LogP contribution in [-0.2, 0) is 11.2 Å². The number of hydrogen-bond donors (Lipinski definition) is 1. The predicted molar refractivity (Wildman–Crippen MR) is 136 cm³/mol. The Labute approximate surface area is 193 Å². The first kappa shape index (κ1) is 21.3. The Kier molecular flexibility index (Phi) is 5.89. The van der Waals surface area contributed by atoms with Crippen LogP contribution >= 0.6 is 0 Å². The molecular formula is C30H27NO2. The Hall–Kier alpha value is -3.56. The highest BCUT2D eigenvalue weighted by atomic mass is 16.2. The normalized spacial score (nSPS) is 16.8. The maximum Gasteiger partial charge on any atom is 0.230 e. The van der Waals surface area contributed by atoms with Gasteiger partial charge in [-0.1, -0.05) is 73.7 Å². The largest absolute Gasteiger partial charge is 0.307 e. The molecule has 0 heterocycles. The second-order valence-electron chi connectivity index (χ2n) is 8.68.